The monoisotopic (exact) mass is 520 g/mol. The number of carbonyl (C=O) groups is 2. The number of hydrogen-bond donors (Lipinski definition) is 2. The Bertz CT molecular complexity index is 1480. The summed E-state index contributed by atoms with van der Waals surface area (Å²) in [6.07, 6.45) is 0. The maximum atomic E-state index is 12.9. The van der Waals surface area contributed by atoms with E-state index in [9.17, 15) is 18.0 Å². The Balaban J connectivity index is 1.39. The Morgan fingerprint density at radius 3 is 2.11 bits per heavy atom. The second-order valence-electron chi connectivity index (χ2n) is 7.66. The summed E-state index contributed by atoms with van der Waals surface area (Å²) < 4.78 is 33.1. The van der Waals surface area contributed by atoms with Gasteiger partial charge in [0.25, 0.3) is 15.9 Å². The van der Waals surface area contributed by atoms with E-state index in [0.29, 0.717) is 27.7 Å². The van der Waals surface area contributed by atoms with Crippen molar-refractivity contribution >= 4 is 44.7 Å². The predicted octanol–water partition coefficient (Wildman–Crippen LogP) is 5.39. The normalized spacial score (nSPS) is 10.9. The lowest BCUT2D eigenvalue weighted by Gasteiger charge is -2.12. The average Bonchev–Trinajstić information content (AvgIpc) is 2.89. The maximum absolute atomic E-state index is 12.9. The first kappa shape index (κ1) is 25.0. The molecule has 0 spiro atoms. The van der Waals surface area contributed by atoms with Crippen LogP contribution in [0, 0.1) is 0 Å². The summed E-state index contributed by atoms with van der Waals surface area (Å²) in [4.78, 5) is 25.5. The van der Waals surface area contributed by atoms with Crippen LogP contribution in [-0.4, -0.2) is 26.7 Å². The van der Waals surface area contributed by atoms with E-state index in [4.69, 9.17) is 16.3 Å². The van der Waals surface area contributed by atoms with Crippen LogP contribution in [0.4, 0.5) is 11.4 Å². The molecule has 0 aromatic heterocycles. The van der Waals surface area contributed by atoms with Crippen LogP contribution in [0.1, 0.15) is 15.9 Å². The van der Waals surface area contributed by atoms with Gasteiger partial charge < -0.3 is 10.1 Å². The molecule has 0 unspecified atom stereocenters. The molecule has 0 aliphatic heterocycles. The fourth-order valence-electron chi connectivity index (χ4n) is 3.33. The van der Waals surface area contributed by atoms with Crippen molar-refractivity contribution in [3.05, 3.63) is 119 Å². The minimum Gasteiger partial charge on any atom is -0.484 e. The maximum Gasteiger partial charge on any atom is 0.262 e. The van der Waals surface area contributed by atoms with Gasteiger partial charge in [0.05, 0.1) is 10.6 Å². The summed E-state index contributed by atoms with van der Waals surface area (Å²) in [6, 6.07) is 27.5. The lowest BCUT2D eigenvalue weighted by Crippen LogP contribution is -2.21. The minimum absolute atomic E-state index is 0.0494. The van der Waals surface area contributed by atoms with E-state index < -0.39 is 15.9 Å². The number of amides is 1. The number of nitrogens with one attached hydrogen (secondary N) is 2. The van der Waals surface area contributed by atoms with Crippen molar-refractivity contribution in [2.75, 3.05) is 16.6 Å². The van der Waals surface area contributed by atoms with Crippen LogP contribution in [0.15, 0.2) is 108 Å². The molecule has 0 atom stereocenters. The molecule has 2 N–H and O–H groups in total. The highest BCUT2D eigenvalue weighted by molar-refractivity contribution is 7.92. The third-order valence-electron chi connectivity index (χ3n) is 5.07. The summed E-state index contributed by atoms with van der Waals surface area (Å²) in [7, 11) is -3.77. The van der Waals surface area contributed by atoms with Gasteiger partial charge in [-0.3, -0.25) is 14.3 Å². The molecule has 0 heterocycles. The molecular weight excluding hydrogens is 500 g/mol. The SMILES string of the molecule is O=C(COc1ccc(S(=O)(=O)Nc2ccccc2)cc1)Nc1ccc(Cl)cc1C(=O)c1ccccc1. The highest BCUT2D eigenvalue weighted by Gasteiger charge is 2.17. The summed E-state index contributed by atoms with van der Waals surface area (Å²) in [5.41, 5.74) is 1.46. The van der Waals surface area contributed by atoms with Crippen molar-refractivity contribution in [3.63, 3.8) is 0 Å². The molecule has 0 saturated carbocycles. The number of sulfonamides is 1. The Morgan fingerprint density at radius 2 is 1.44 bits per heavy atom. The van der Waals surface area contributed by atoms with Crippen LogP contribution in [-0.2, 0) is 14.8 Å². The van der Waals surface area contributed by atoms with Crippen molar-refractivity contribution in [1.29, 1.82) is 0 Å². The van der Waals surface area contributed by atoms with Gasteiger partial charge in [-0.2, -0.15) is 0 Å². The zero-order chi connectivity index (χ0) is 25.5. The molecule has 9 heteroatoms. The quantitative estimate of drug-likeness (QED) is 0.288. The van der Waals surface area contributed by atoms with Crippen molar-refractivity contribution < 1.29 is 22.7 Å². The van der Waals surface area contributed by atoms with Gasteiger partial charge >= 0.3 is 0 Å². The molecule has 0 bridgehead atoms. The van der Waals surface area contributed by atoms with Gasteiger partial charge in [-0.1, -0.05) is 60.1 Å². The van der Waals surface area contributed by atoms with Crippen LogP contribution in [0.25, 0.3) is 0 Å². The minimum atomic E-state index is -3.77. The molecule has 0 radical (unpaired) electrons. The first-order chi connectivity index (χ1) is 17.3. The van der Waals surface area contributed by atoms with Crippen LogP contribution < -0.4 is 14.8 Å². The van der Waals surface area contributed by atoms with Crippen molar-refractivity contribution in [1.82, 2.24) is 0 Å². The first-order valence-electron chi connectivity index (χ1n) is 10.8. The summed E-state index contributed by atoms with van der Waals surface area (Å²) in [5.74, 6) is -0.474. The van der Waals surface area contributed by atoms with Crippen molar-refractivity contribution in [2.24, 2.45) is 0 Å². The third-order valence-corrected chi connectivity index (χ3v) is 6.70. The summed E-state index contributed by atoms with van der Waals surface area (Å²) >= 11 is 6.08. The van der Waals surface area contributed by atoms with Gasteiger partial charge in [0.2, 0.25) is 0 Å². The fourth-order valence-corrected chi connectivity index (χ4v) is 4.56. The molecule has 0 aliphatic carbocycles. The number of halogens is 1. The molecule has 0 aliphatic rings. The number of ketones is 1. The number of rotatable bonds is 9. The molecular formula is C27H21ClN2O5S. The number of ether oxygens (including phenoxy) is 1. The van der Waals surface area contributed by atoms with E-state index in [-0.39, 0.29) is 22.8 Å². The van der Waals surface area contributed by atoms with Crippen molar-refractivity contribution in [2.45, 2.75) is 4.90 Å². The van der Waals surface area contributed by atoms with Gasteiger partial charge in [0.1, 0.15) is 5.75 Å². The van der Waals surface area contributed by atoms with E-state index in [1.807, 2.05) is 0 Å². The molecule has 4 aromatic carbocycles. The van der Waals surface area contributed by atoms with Gasteiger partial charge in [-0.25, -0.2) is 8.42 Å². The van der Waals surface area contributed by atoms with Crippen LogP contribution >= 0.6 is 11.6 Å². The second-order valence-corrected chi connectivity index (χ2v) is 9.78. The van der Waals surface area contributed by atoms with Crippen LogP contribution in [0.3, 0.4) is 0 Å². The summed E-state index contributed by atoms with van der Waals surface area (Å²) in [5, 5.41) is 3.03. The molecule has 182 valence electrons. The van der Waals surface area contributed by atoms with Crippen LogP contribution in [0.5, 0.6) is 5.75 Å². The smallest absolute Gasteiger partial charge is 0.262 e. The average molecular weight is 521 g/mol. The summed E-state index contributed by atoms with van der Waals surface area (Å²) in [6.45, 7) is -0.351. The first-order valence-corrected chi connectivity index (χ1v) is 12.7. The zero-order valence-electron chi connectivity index (χ0n) is 18.8. The number of anilines is 2. The fraction of sp³-hybridized carbons (Fsp3) is 0.0370. The molecule has 36 heavy (non-hydrogen) atoms. The highest BCUT2D eigenvalue weighted by Crippen LogP contribution is 2.24. The van der Waals surface area contributed by atoms with Crippen molar-refractivity contribution in [3.8, 4) is 5.75 Å². The number of carbonyl (C=O) groups excluding carboxylic acids is 2. The molecule has 1 amide bonds. The Hall–Kier alpha value is -4.14. The Morgan fingerprint density at radius 1 is 0.806 bits per heavy atom. The molecule has 0 fully saturated rings. The van der Waals surface area contributed by atoms with Crippen LogP contribution in [0.2, 0.25) is 5.02 Å². The van der Waals surface area contributed by atoms with E-state index in [2.05, 4.69) is 10.0 Å². The molecule has 0 saturated heterocycles. The third kappa shape index (κ3) is 6.29. The Kier molecular flexibility index (Phi) is 7.68. The largest absolute Gasteiger partial charge is 0.484 e. The van der Waals surface area contributed by atoms with Gasteiger partial charge in [0.15, 0.2) is 12.4 Å². The predicted molar refractivity (Wildman–Crippen MR) is 139 cm³/mol. The number of para-hydroxylation sites is 1. The zero-order valence-corrected chi connectivity index (χ0v) is 20.4. The molecule has 4 aromatic rings. The van der Waals surface area contributed by atoms with E-state index in [1.54, 1.807) is 72.8 Å². The molecule has 7 nitrogen and oxygen atoms in total. The highest BCUT2D eigenvalue weighted by atomic mass is 35.5. The Labute approximate surface area is 213 Å². The van der Waals surface area contributed by atoms with Gasteiger partial charge in [-0.05, 0) is 54.6 Å². The van der Waals surface area contributed by atoms with E-state index >= 15 is 0 Å². The number of hydrogen-bond acceptors (Lipinski definition) is 5. The lowest BCUT2D eigenvalue weighted by molar-refractivity contribution is -0.118. The second kappa shape index (κ2) is 11.1. The van der Waals surface area contributed by atoms with Gasteiger partial charge in [0, 0.05) is 21.8 Å². The van der Waals surface area contributed by atoms with Gasteiger partial charge in [-0.15, -0.1) is 0 Å². The lowest BCUT2D eigenvalue weighted by atomic mass is 10.0. The topological polar surface area (TPSA) is 102 Å². The number of benzene rings is 4. The molecule has 4 rings (SSSR count). The van der Waals surface area contributed by atoms with E-state index in [1.165, 1.54) is 30.3 Å². The van der Waals surface area contributed by atoms with E-state index in [0.717, 1.165) is 0 Å². The standard InChI is InChI=1S/C27H21ClN2O5S/c28-20-11-16-25(24(17-20)27(32)19-7-3-1-4-8-19)29-26(31)18-35-22-12-14-23(15-13-22)36(33,34)30-21-9-5-2-6-10-21/h1-17,30H,18H2,(H,29,31).